The maximum Gasteiger partial charge on any atom is 0.254 e. The Morgan fingerprint density at radius 2 is 2.00 bits per heavy atom. The molecule has 0 saturated heterocycles. The Bertz CT molecular complexity index is 804. The second-order valence-electron chi connectivity index (χ2n) is 5.76. The number of nitrogens with zero attached hydrogens (tertiary/aromatic N) is 1. The Kier molecular flexibility index (Phi) is 5.40. The summed E-state index contributed by atoms with van der Waals surface area (Å²) >= 11 is 4.64. The summed E-state index contributed by atoms with van der Waals surface area (Å²) in [7, 11) is 0. The van der Waals surface area contributed by atoms with Crippen molar-refractivity contribution in [3.8, 4) is 0 Å². The number of aromatic amines is 1. The van der Waals surface area contributed by atoms with Gasteiger partial charge in [0.25, 0.3) is 5.56 Å². The van der Waals surface area contributed by atoms with Crippen LogP contribution in [-0.2, 0) is 17.6 Å². The molecule has 24 heavy (non-hydrogen) atoms. The number of aryl methyl sites for hydroxylation is 1. The van der Waals surface area contributed by atoms with Gasteiger partial charge in [-0.05, 0) is 56.9 Å². The molecule has 1 aromatic heterocycles. The van der Waals surface area contributed by atoms with Gasteiger partial charge in [-0.3, -0.25) is 9.59 Å². The molecule has 1 heterocycles. The lowest BCUT2D eigenvalue weighted by molar-refractivity contribution is -0.115. The number of H-pyrrole nitrogens is 1. The minimum Gasteiger partial charge on any atom is -0.325 e. The van der Waals surface area contributed by atoms with Crippen molar-refractivity contribution in [2.24, 2.45) is 0 Å². The second kappa shape index (κ2) is 7.53. The van der Waals surface area contributed by atoms with Crippen molar-refractivity contribution in [2.45, 2.75) is 43.0 Å². The van der Waals surface area contributed by atoms with Gasteiger partial charge < -0.3 is 10.3 Å². The zero-order valence-corrected chi connectivity index (χ0v) is 15.7. The number of aromatic nitrogens is 2. The van der Waals surface area contributed by atoms with Crippen LogP contribution in [-0.4, -0.2) is 21.1 Å². The van der Waals surface area contributed by atoms with Crippen molar-refractivity contribution in [3.63, 3.8) is 0 Å². The number of carbonyl (C=O) groups is 1. The third-order valence-electron chi connectivity index (χ3n) is 3.94. The molecule has 7 heteroatoms. The summed E-state index contributed by atoms with van der Waals surface area (Å²) in [5.41, 5.74) is 2.36. The molecular formula is C17H18BrN3O2S. The van der Waals surface area contributed by atoms with E-state index >= 15 is 0 Å². The largest absolute Gasteiger partial charge is 0.325 e. The predicted molar refractivity (Wildman–Crippen MR) is 99.6 cm³/mol. The first-order valence-electron chi connectivity index (χ1n) is 7.88. The first-order valence-corrected chi connectivity index (χ1v) is 9.55. The summed E-state index contributed by atoms with van der Waals surface area (Å²) in [6.07, 6.45) is 3.73. The highest BCUT2D eigenvalue weighted by molar-refractivity contribution is 9.10. The van der Waals surface area contributed by atoms with E-state index in [2.05, 4.69) is 31.2 Å². The van der Waals surface area contributed by atoms with Crippen LogP contribution in [0, 0.1) is 0 Å². The second-order valence-corrected chi connectivity index (χ2v) is 8.00. The summed E-state index contributed by atoms with van der Waals surface area (Å²) in [4.78, 5) is 31.8. The average Bonchev–Trinajstić information content (AvgIpc) is 2.57. The molecule has 0 unspecified atom stereocenters. The zero-order chi connectivity index (χ0) is 17.1. The molecule has 0 spiro atoms. The average molecular weight is 408 g/mol. The van der Waals surface area contributed by atoms with Crippen LogP contribution in [0.15, 0.2) is 38.7 Å². The molecule has 0 bridgehead atoms. The van der Waals surface area contributed by atoms with Crippen LogP contribution in [0.5, 0.6) is 0 Å². The van der Waals surface area contributed by atoms with Crippen molar-refractivity contribution >= 4 is 39.3 Å². The van der Waals surface area contributed by atoms with Crippen molar-refractivity contribution in [1.82, 2.24) is 9.97 Å². The van der Waals surface area contributed by atoms with E-state index in [1.165, 1.54) is 11.8 Å². The van der Waals surface area contributed by atoms with Gasteiger partial charge in [0, 0.05) is 15.7 Å². The minimum atomic E-state index is -0.363. The van der Waals surface area contributed by atoms with Crippen LogP contribution in [0.25, 0.3) is 0 Å². The lowest BCUT2D eigenvalue weighted by Gasteiger charge is -2.16. The fourth-order valence-electron chi connectivity index (χ4n) is 2.63. The van der Waals surface area contributed by atoms with Crippen LogP contribution in [0.4, 0.5) is 5.69 Å². The molecule has 1 amide bonds. The molecule has 0 fully saturated rings. The number of anilines is 1. The van der Waals surface area contributed by atoms with Gasteiger partial charge >= 0.3 is 0 Å². The standard InChI is InChI=1S/C17H18BrN3O2S/c1-10(15(22)19-12-8-6-11(18)7-9-12)24-17-20-14-5-3-2-4-13(14)16(23)21-17/h6-10H,2-5H2,1H3,(H,19,22)(H,20,21,23)/t10-/m1/s1. The molecule has 1 aliphatic carbocycles. The first-order chi connectivity index (χ1) is 11.5. The fraction of sp³-hybridized carbons (Fsp3) is 0.353. The Morgan fingerprint density at radius 1 is 1.29 bits per heavy atom. The van der Waals surface area contributed by atoms with E-state index in [0.29, 0.717) is 5.16 Å². The van der Waals surface area contributed by atoms with Gasteiger partial charge in [-0.25, -0.2) is 4.98 Å². The SMILES string of the molecule is C[C@@H](Sc1nc2c(c(=O)[nH]1)CCCC2)C(=O)Nc1ccc(Br)cc1. The van der Waals surface area contributed by atoms with E-state index in [9.17, 15) is 9.59 Å². The highest BCUT2D eigenvalue weighted by Gasteiger charge is 2.19. The smallest absolute Gasteiger partial charge is 0.254 e. The molecule has 0 saturated carbocycles. The topological polar surface area (TPSA) is 74.8 Å². The van der Waals surface area contributed by atoms with Gasteiger partial charge in [-0.1, -0.05) is 27.7 Å². The van der Waals surface area contributed by atoms with E-state index < -0.39 is 0 Å². The number of carbonyl (C=O) groups excluding carboxylic acids is 1. The molecule has 2 aromatic rings. The molecule has 1 atom stereocenters. The quantitative estimate of drug-likeness (QED) is 0.600. The number of nitrogens with one attached hydrogen (secondary N) is 2. The molecule has 126 valence electrons. The lowest BCUT2D eigenvalue weighted by atomic mass is 9.97. The Morgan fingerprint density at radius 3 is 2.75 bits per heavy atom. The number of thioether (sulfide) groups is 1. The molecule has 0 radical (unpaired) electrons. The number of rotatable bonds is 4. The monoisotopic (exact) mass is 407 g/mol. The maximum absolute atomic E-state index is 12.3. The number of benzene rings is 1. The minimum absolute atomic E-state index is 0.0669. The summed E-state index contributed by atoms with van der Waals surface area (Å²) in [5.74, 6) is -0.123. The van der Waals surface area contributed by atoms with Crippen molar-refractivity contribution in [2.75, 3.05) is 5.32 Å². The number of halogens is 1. The van der Waals surface area contributed by atoms with Crippen molar-refractivity contribution in [1.29, 1.82) is 0 Å². The summed E-state index contributed by atoms with van der Waals surface area (Å²) in [6.45, 7) is 1.80. The van der Waals surface area contributed by atoms with Gasteiger partial charge in [0.05, 0.1) is 10.9 Å². The summed E-state index contributed by atoms with van der Waals surface area (Å²) < 4.78 is 0.957. The predicted octanol–water partition coefficient (Wildman–Crippen LogP) is 3.53. The van der Waals surface area contributed by atoms with Crippen molar-refractivity contribution in [3.05, 3.63) is 50.3 Å². The van der Waals surface area contributed by atoms with E-state index in [0.717, 1.165) is 47.1 Å². The fourth-order valence-corrected chi connectivity index (χ4v) is 3.71. The summed E-state index contributed by atoms with van der Waals surface area (Å²) in [6, 6.07) is 7.41. The number of fused-ring (bicyclic) bond motifs is 1. The number of hydrogen-bond donors (Lipinski definition) is 2. The van der Waals surface area contributed by atoms with Crippen LogP contribution in [0.1, 0.15) is 31.0 Å². The Labute approximate surface area is 152 Å². The third kappa shape index (κ3) is 4.08. The van der Waals surface area contributed by atoms with Crippen LogP contribution >= 0.6 is 27.7 Å². The molecule has 1 aliphatic rings. The van der Waals surface area contributed by atoms with Gasteiger partial charge in [-0.2, -0.15) is 0 Å². The van der Waals surface area contributed by atoms with Gasteiger partial charge in [0.15, 0.2) is 5.16 Å². The van der Waals surface area contributed by atoms with E-state index in [1.54, 1.807) is 6.92 Å². The lowest BCUT2D eigenvalue weighted by Crippen LogP contribution is -2.25. The van der Waals surface area contributed by atoms with E-state index in [1.807, 2.05) is 24.3 Å². The summed E-state index contributed by atoms with van der Waals surface area (Å²) in [5, 5.41) is 3.02. The third-order valence-corrected chi connectivity index (χ3v) is 5.45. The highest BCUT2D eigenvalue weighted by atomic mass is 79.9. The Hall–Kier alpha value is -1.60. The Balaban J connectivity index is 1.69. The number of amides is 1. The van der Waals surface area contributed by atoms with Gasteiger partial charge in [0.1, 0.15) is 0 Å². The van der Waals surface area contributed by atoms with E-state index in [4.69, 9.17) is 0 Å². The van der Waals surface area contributed by atoms with Gasteiger partial charge in [0.2, 0.25) is 5.91 Å². The molecule has 1 aromatic carbocycles. The first kappa shape index (κ1) is 17.2. The molecule has 2 N–H and O–H groups in total. The zero-order valence-electron chi connectivity index (χ0n) is 13.3. The van der Waals surface area contributed by atoms with Crippen LogP contribution in [0.2, 0.25) is 0 Å². The van der Waals surface area contributed by atoms with E-state index in [-0.39, 0.29) is 16.7 Å². The molecule has 3 rings (SSSR count). The number of hydrogen-bond acceptors (Lipinski definition) is 4. The molecule has 5 nitrogen and oxygen atoms in total. The maximum atomic E-state index is 12.3. The van der Waals surface area contributed by atoms with Crippen molar-refractivity contribution < 1.29 is 4.79 Å². The van der Waals surface area contributed by atoms with Crippen LogP contribution < -0.4 is 10.9 Å². The van der Waals surface area contributed by atoms with Crippen LogP contribution in [0.3, 0.4) is 0 Å². The normalized spacial score (nSPS) is 14.8. The molecule has 0 aliphatic heterocycles. The molecular weight excluding hydrogens is 390 g/mol. The van der Waals surface area contributed by atoms with Gasteiger partial charge in [-0.15, -0.1) is 0 Å². The highest BCUT2D eigenvalue weighted by Crippen LogP contribution is 2.23.